The minimum atomic E-state index is -0.0358. The monoisotopic (exact) mass is 462 g/mol. The number of carbonyl (C=O) groups is 1. The molecule has 8 nitrogen and oxygen atoms in total. The third kappa shape index (κ3) is 5.04. The highest BCUT2D eigenvalue weighted by molar-refractivity contribution is 7.13. The number of piperidine rings is 1. The molecule has 1 amide bonds. The predicted octanol–water partition coefficient (Wildman–Crippen LogP) is 3.82. The van der Waals surface area contributed by atoms with Gasteiger partial charge in [-0.15, -0.1) is 11.3 Å². The maximum absolute atomic E-state index is 12.8. The van der Waals surface area contributed by atoms with E-state index >= 15 is 0 Å². The Kier molecular flexibility index (Phi) is 6.32. The molecule has 0 radical (unpaired) electrons. The van der Waals surface area contributed by atoms with Gasteiger partial charge in [-0.25, -0.2) is 4.98 Å². The second-order valence-electron chi connectivity index (χ2n) is 8.29. The van der Waals surface area contributed by atoms with Gasteiger partial charge in [0, 0.05) is 31.2 Å². The summed E-state index contributed by atoms with van der Waals surface area (Å²) >= 11 is 1.59. The lowest BCUT2D eigenvalue weighted by Crippen LogP contribution is -2.42. The van der Waals surface area contributed by atoms with Crippen LogP contribution in [0.25, 0.3) is 16.4 Å². The number of hydrogen-bond acceptors (Lipinski definition) is 7. The highest BCUT2D eigenvalue weighted by Crippen LogP contribution is 2.23. The lowest BCUT2D eigenvalue weighted by Gasteiger charge is -2.30. The lowest BCUT2D eigenvalue weighted by molar-refractivity contribution is -0.127. The Morgan fingerprint density at radius 2 is 2.15 bits per heavy atom. The number of thiophene rings is 1. The van der Waals surface area contributed by atoms with Crippen LogP contribution in [-0.2, 0) is 17.9 Å². The second kappa shape index (κ2) is 9.68. The standard InChI is InChI=1S/C24H26N6O2S/c1-17-25-10-12-30(17)20-8-6-18(7-9-20)14-26-24(31)19-4-2-11-29(15-19)16-22-27-23(28-32-22)21-5-3-13-33-21/h3,5-10,12-13,19H,2,4,11,14-16H2,1H3,(H,26,31). The predicted molar refractivity (Wildman–Crippen MR) is 126 cm³/mol. The molecule has 0 aliphatic carbocycles. The van der Waals surface area contributed by atoms with Crippen molar-refractivity contribution in [1.29, 1.82) is 0 Å². The fraction of sp³-hybridized carbons (Fsp3) is 0.333. The van der Waals surface area contributed by atoms with Gasteiger partial charge in [-0.1, -0.05) is 23.4 Å². The van der Waals surface area contributed by atoms with E-state index in [-0.39, 0.29) is 11.8 Å². The number of carbonyl (C=O) groups excluding carboxylic acids is 1. The molecule has 1 unspecified atom stereocenters. The number of nitrogens with one attached hydrogen (secondary N) is 1. The molecule has 4 heterocycles. The Morgan fingerprint density at radius 1 is 1.27 bits per heavy atom. The van der Waals surface area contributed by atoms with Crippen LogP contribution in [0.2, 0.25) is 0 Å². The molecule has 1 aliphatic rings. The largest absolute Gasteiger partial charge is 0.352 e. The summed E-state index contributed by atoms with van der Waals surface area (Å²) in [6.07, 6.45) is 5.60. The summed E-state index contributed by atoms with van der Waals surface area (Å²) in [5.74, 6) is 2.22. The molecule has 9 heteroatoms. The van der Waals surface area contributed by atoms with Crippen LogP contribution in [0.5, 0.6) is 0 Å². The molecule has 1 N–H and O–H groups in total. The van der Waals surface area contributed by atoms with Crippen LogP contribution < -0.4 is 5.32 Å². The van der Waals surface area contributed by atoms with E-state index in [0.29, 0.717) is 31.3 Å². The number of amides is 1. The van der Waals surface area contributed by atoms with Crippen LogP contribution in [0.4, 0.5) is 0 Å². The molecule has 1 saturated heterocycles. The maximum atomic E-state index is 12.8. The normalized spacial score (nSPS) is 16.7. The first kappa shape index (κ1) is 21.5. The van der Waals surface area contributed by atoms with E-state index in [1.165, 1.54) is 0 Å². The Labute approximate surface area is 196 Å². The van der Waals surface area contributed by atoms with E-state index in [0.717, 1.165) is 41.3 Å². The minimum Gasteiger partial charge on any atom is -0.352 e. The van der Waals surface area contributed by atoms with Crippen LogP contribution in [0.15, 0.2) is 58.7 Å². The Morgan fingerprint density at radius 3 is 2.91 bits per heavy atom. The molecule has 1 aliphatic heterocycles. The van der Waals surface area contributed by atoms with Crippen molar-refractivity contribution in [3.05, 3.63) is 71.5 Å². The van der Waals surface area contributed by atoms with Gasteiger partial charge in [0.15, 0.2) is 0 Å². The van der Waals surface area contributed by atoms with Crippen LogP contribution in [-0.4, -0.2) is 43.6 Å². The molecular weight excluding hydrogens is 436 g/mol. The van der Waals surface area contributed by atoms with Gasteiger partial charge in [-0.2, -0.15) is 4.98 Å². The Balaban J connectivity index is 1.13. The lowest BCUT2D eigenvalue weighted by atomic mass is 9.97. The van der Waals surface area contributed by atoms with Gasteiger partial charge in [0.25, 0.3) is 0 Å². The first-order chi connectivity index (χ1) is 16.2. The number of rotatable bonds is 7. The van der Waals surface area contributed by atoms with Gasteiger partial charge in [-0.3, -0.25) is 9.69 Å². The number of likely N-dealkylation sites (tertiary alicyclic amines) is 1. The molecule has 1 aromatic carbocycles. The van der Waals surface area contributed by atoms with Gasteiger partial charge in [0.2, 0.25) is 17.6 Å². The van der Waals surface area contributed by atoms with Crippen molar-refractivity contribution < 1.29 is 9.32 Å². The van der Waals surface area contributed by atoms with Gasteiger partial charge < -0.3 is 14.4 Å². The van der Waals surface area contributed by atoms with Crippen molar-refractivity contribution in [2.45, 2.75) is 32.9 Å². The van der Waals surface area contributed by atoms with Crippen LogP contribution >= 0.6 is 11.3 Å². The van der Waals surface area contributed by atoms with Crippen LogP contribution in [0, 0.1) is 12.8 Å². The van der Waals surface area contributed by atoms with Crippen molar-refractivity contribution in [2.75, 3.05) is 13.1 Å². The summed E-state index contributed by atoms with van der Waals surface area (Å²) < 4.78 is 7.47. The van der Waals surface area contributed by atoms with Gasteiger partial charge in [0.1, 0.15) is 5.82 Å². The molecule has 4 aromatic rings. The number of hydrogen-bond donors (Lipinski definition) is 1. The maximum Gasteiger partial charge on any atom is 0.241 e. The van der Waals surface area contributed by atoms with Crippen molar-refractivity contribution in [1.82, 2.24) is 29.9 Å². The number of benzene rings is 1. The fourth-order valence-corrected chi connectivity index (χ4v) is 4.84. The molecule has 0 spiro atoms. The zero-order valence-electron chi connectivity index (χ0n) is 18.5. The highest BCUT2D eigenvalue weighted by Gasteiger charge is 2.27. The molecule has 1 atom stereocenters. The van der Waals surface area contributed by atoms with E-state index in [9.17, 15) is 4.79 Å². The molecule has 0 bridgehead atoms. The van der Waals surface area contributed by atoms with Crippen molar-refractivity contribution in [2.24, 2.45) is 5.92 Å². The van der Waals surface area contributed by atoms with Crippen molar-refractivity contribution in [3.63, 3.8) is 0 Å². The first-order valence-corrected chi connectivity index (χ1v) is 12.0. The quantitative estimate of drug-likeness (QED) is 0.449. The molecule has 170 valence electrons. The van der Waals surface area contributed by atoms with Crippen molar-refractivity contribution in [3.8, 4) is 16.4 Å². The highest BCUT2D eigenvalue weighted by atomic mass is 32.1. The zero-order valence-corrected chi connectivity index (χ0v) is 19.3. The third-order valence-electron chi connectivity index (χ3n) is 5.95. The summed E-state index contributed by atoms with van der Waals surface area (Å²) in [4.78, 5) is 24.8. The zero-order chi connectivity index (χ0) is 22.6. The minimum absolute atomic E-state index is 0.0358. The smallest absolute Gasteiger partial charge is 0.241 e. The first-order valence-electron chi connectivity index (χ1n) is 11.1. The number of nitrogens with zero attached hydrogens (tertiary/aromatic N) is 5. The summed E-state index contributed by atoms with van der Waals surface area (Å²) in [5, 5.41) is 9.18. The fourth-order valence-electron chi connectivity index (χ4n) is 4.19. The molecule has 0 saturated carbocycles. The van der Waals surface area contributed by atoms with E-state index < -0.39 is 0 Å². The van der Waals surface area contributed by atoms with E-state index in [1.807, 2.05) is 59.5 Å². The average Bonchev–Trinajstić information content (AvgIpc) is 3.60. The molecule has 5 rings (SSSR count). The average molecular weight is 463 g/mol. The second-order valence-corrected chi connectivity index (χ2v) is 9.24. The Bertz CT molecular complexity index is 1200. The SMILES string of the molecule is Cc1nccn1-c1ccc(CNC(=O)C2CCCN(Cc3nc(-c4cccs4)no3)C2)cc1. The summed E-state index contributed by atoms with van der Waals surface area (Å²) in [6, 6.07) is 12.1. The van der Waals surface area contributed by atoms with Crippen LogP contribution in [0.3, 0.4) is 0 Å². The third-order valence-corrected chi connectivity index (χ3v) is 6.82. The molecule has 33 heavy (non-hydrogen) atoms. The van der Waals surface area contributed by atoms with Gasteiger partial charge in [0.05, 0.1) is 17.3 Å². The van der Waals surface area contributed by atoms with E-state index in [4.69, 9.17) is 4.52 Å². The van der Waals surface area contributed by atoms with Gasteiger partial charge in [-0.05, 0) is 55.5 Å². The van der Waals surface area contributed by atoms with Crippen LogP contribution in [0.1, 0.15) is 30.1 Å². The topological polar surface area (TPSA) is 89.1 Å². The Hall–Kier alpha value is -3.30. The van der Waals surface area contributed by atoms with Gasteiger partial charge >= 0.3 is 0 Å². The number of aromatic nitrogens is 4. The number of aryl methyl sites for hydroxylation is 1. The van der Waals surface area contributed by atoms with Crippen molar-refractivity contribution >= 4 is 17.2 Å². The molecule has 3 aromatic heterocycles. The summed E-state index contributed by atoms with van der Waals surface area (Å²) in [5.41, 5.74) is 2.13. The molecule has 1 fully saturated rings. The summed E-state index contributed by atoms with van der Waals surface area (Å²) in [7, 11) is 0. The molecular formula is C24H26N6O2S. The number of imidazole rings is 1. The van der Waals surface area contributed by atoms with E-state index in [1.54, 1.807) is 17.5 Å². The summed E-state index contributed by atoms with van der Waals surface area (Å²) in [6.45, 7) is 4.68. The van der Waals surface area contributed by atoms with E-state index in [2.05, 4.69) is 25.3 Å².